The highest BCUT2D eigenvalue weighted by Crippen LogP contribution is 2.35. The Labute approximate surface area is 78.5 Å². The van der Waals surface area contributed by atoms with E-state index in [-0.39, 0.29) is 16.5 Å². The van der Waals surface area contributed by atoms with E-state index in [1.54, 1.807) is 0 Å². The summed E-state index contributed by atoms with van der Waals surface area (Å²) in [7, 11) is 1.23. The summed E-state index contributed by atoms with van der Waals surface area (Å²) in [5.41, 5.74) is 4.89. The van der Waals surface area contributed by atoms with Crippen LogP contribution in [-0.4, -0.2) is 12.1 Å². The number of nitrogen functional groups attached to an aromatic ring is 1. The van der Waals surface area contributed by atoms with Gasteiger partial charge in [-0.2, -0.15) is 0 Å². The second kappa shape index (κ2) is 3.74. The van der Waals surface area contributed by atoms with E-state index in [1.807, 2.05) is 0 Å². The molecule has 0 spiro atoms. The molecule has 0 bridgehead atoms. The third-order valence-electron chi connectivity index (χ3n) is 1.46. The first kappa shape index (κ1) is 9.98. The first-order chi connectivity index (χ1) is 6.07. The highest BCUT2D eigenvalue weighted by molar-refractivity contribution is 6.33. The summed E-state index contributed by atoms with van der Waals surface area (Å²) >= 11 is 5.56. The topological polar surface area (TPSA) is 48.1 Å². The van der Waals surface area contributed by atoms with Crippen molar-refractivity contribution >= 4 is 17.3 Å². The minimum atomic E-state index is -2.73. The quantitative estimate of drug-likeness (QED) is 0.811. The number of halogens is 3. The first-order valence-electron chi connectivity index (χ1n) is 3.34. The second-order valence-electron chi connectivity index (χ2n) is 2.24. The lowest BCUT2D eigenvalue weighted by molar-refractivity contribution is 0.141. The van der Waals surface area contributed by atoms with Gasteiger partial charge < -0.3 is 10.5 Å². The lowest BCUT2D eigenvalue weighted by atomic mass is 10.3. The zero-order valence-corrected chi connectivity index (χ0v) is 7.48. The first-order valence-corrected chi connectivity index (χ1v) is 3.71. The van der Waals surface area contributed by atoms with Gasteiger partial charge in [0.2, 0.25) is 0 Å². The monoisotopic (exact) mass is 208 g/mol. The molecule has 0 aromatic carbocycles. The van der Waals surface area contributed by atoms with Crippen molar-refractivity contribution in [3.05, 3.63) is 16.9 Å². The van der Waals surface area contributed by atoms with Crippen LogP contribution < -0.4 is 10.5 Å². The van der Waals surface area contributed by atoms with Gasteiger partial charge in [-0.3, -0.25) is 0 Å². The molecule has 13 heavy (non-hydrogen) atoms. The molecule has 3 nitrogen and oxygen atoms in total. The Morgan fingerprint density at radius 1 is 1.62 bits per heavy atom. The van der Waals surface area contributed by atoms with Gasteiger partial charge in [0, 0.05) is 6.20 Å². The van der Waals surface area contributed by atoms with Crippen molar-refractivity contribution in [1.82, 2.24) is 4.98 Å². The number of nitrogens with two attached hydrogens (primary N) is 1. The summed E-state index contributed by atoms with van der Waals surface area (Å²) in [6.07, 6.45) is -1.66. The number of alkyl halides is 2. The SMILES string of the molecule is COc1c(C(F)F)ncc(Cl)c1N. The summed E-state index contributed by atoms with van der Waals surface area (Å²) in [6, 6.07) is 0. The molecule has 0 saturated carbocycles. The maximum Gasteiger partial charge on any atom is 0.284 e. The largest absolute Gasteiger partial charge is 0.492 e. The number of nitrogens with zero attached hydrogens (tertiary/aromatic N) is 1. The van der Waals surface area contributed by atoms with Crippen LogP contribution in [-0.2, 0) is 0 Å². The molecule has 1 aromatic heterocycles. The minimum Gasteiger partial charge on any atom is -0.492 e. The fraction of sp³-hybridized carbons (Fsp3) is 0.286. The molecule has 0 radical (unpaired) electrons. The Balaban J connectivity index is 3.30. The van der Waals surface area contributed by atoms with Gasteiger partial charge in [-0.25, -0.2) is 13.8 Å². The molecule has 0 amide bonds. The number of pyridine rings is 1. The predicted molar refractivity (Wildman–Crippen MR) is 45.2 cm³/mol. The normalized spacial score (nSPS) is 10.5. The van der Waals surface area contributed by atoms with Crippen molar-refractivity contribution in [3.63, 3.8) is 0 Å². The average molecular weight is 209 g/mol. The molecular weight excluding hydrogens is 202 g/mol. The van der Waals surface area contributed by atoms with Gasteiger partial charge in [0.25, 0.3) is 6.43 Å². The Bertz CT molecular complexity index is 320. The van der Waals surface area contributed by atoms with Crippen molar-refractivity contribution in [2.45, 2.75) is 6.43 Å². The number of aromatic nitrogens is 1. The molecule has 0 aliphatic rings. The van der Waals surface area contributed by atoms with E-state index >= 15 is 0 Å². The van der Waals surface area contributed by atoms with Crippen LogP contribution in [0.3, 0.4) is 0 Å². The van der Waals surface area contributed by atoms with Crippen molar-refractivity contribution in [1.29, 1.82) is 0 Å². The van der Waals surface area contributed by atoms with Crippen LogP contribution in [0.2, 0.25) is 5.02 Å². The smallest absolute Gasteiger partial charge is 0.284 e. The molecule has 0 aliphatic heterocycles. The number of anilines is 1. The molecule has 0 fully saturated rings. The molecule has 1 rings (SSSR count). The number of hydrogen-bond acceptors (Lipinski definition) is 3. The third kappa shape index (κ3) is 1.80. The lowest BCUT2D eigenvalue weighted by Crippen LogP contribution is -2.01. The van der Waals surface area contributed by atoms with Crippen LogP contribution in [0.15, 0.2) is 6.20 Å². The molecule has 72 valence electrons. The van der Waals surface area contributed by atoms with Crippen LogP contribution in [0.4, 0.5) is 14.5 Å². The Morgan fingerprint density at radius 2 is 2.23 bits per heavy atom. The number of methoxy groups -OCH3 is 1. The highest BCUT2D eigenvalue weighted by Gasteiger charge is 2.19. The van der Waals surface area contributed by atoms with Crippen molar-refractivity contribution in [2.24, 2.45) is 0 Å². The van der Waals surface area contributed by atoms with Crippen molar-refractivity contribution in [2.75, 3.05) is 12.8 Å². The maximum absolute atomic E-state index is 12.3. The van der Waals surface area contributed by atoms with Gasteiger partial charge in [0.05, 0.1) is 17.8 Å². The van der Waals surface area contributed by atoms with E-state index in [2.05, 4.69) is 9.72 Å². The van der Waals surface area contributed by atoms with Gasteiger partial charge in [0.1, 0.15) is 0 Å². The zero-order chi connectivity index (χ0) is 10.0. The van der Waals surface area contributed by atoms with E-state index in [4.69, 9.17) is 17.3 Å². The summed E-state index contributed by atoms with van der Waals surface area (Å²) < 4.78 is 29.2. The molecular formula is C7H7ClF2N2O. The summed E-state index contributed by atoms with van der Waals surface area (Å²) in [4.78, 5) is 3.42. The van der Waals surface area contributed by atoms with E-state index in [0.717, 1.165) is 6.20 Å². The summed E-state index contributed by atoms with van der Waals surface area (Å²) in [5.74, 6) is -0.164. The number of hydrogen-bond donors (Lipinski definition) is 1. The maximum atomic E-state index is 12.3. The standard InChI is InChI=1S/C7H7ClF2N2O/c1-13-6-4(11)3(8)2-12-5(6)7(9)10/h2,7H,1H3,(H2,11,12). The van der Waals surface area contributed by atoms with Crippen LogP contribution in [0.5, 0.6) is 5.75 Å². The fourth-order valence-electron chi connectivity index (χ4n) is 0.871. The van der Waals surface area contributed by atoms with E-state index < -0.39 is 12.1 Å². The van der Waals surface area contributed by atoms with E-state index in [0.29, 0.717) is 0 Å². The minimum absolute atomic E-state index is 0.0190. The zero-order valence-electron chi connectivity index (χ0n) is 6.72. The molecule has 1 heterocycles. The Morgan fingerprint density at radius 3 is 2.69 bits per heavy atom. The molecule has 0 atom stereocenters. The molecule has 2 N–H and O–H groups in total. The van der Waals surface area contributed by atoms with E-state index in [9.17, 15) is 8.78 Å². The van der Waals surface area contributed by atoms with Gasteiger partial charge in [-0.1, -0.05) is 11.6 Å². The molecule has 0 unspecified atom stereocenters. The average Bonchev–Trinajstić information content (AvgIpc) is 2.09. The highest BCUT2D eigenvalue weighted by atomic mass is 35.5. The third-order valence-corrected chi connectivity index (χ3v) is 1.76. The van der Waals surface area contributed by atoms with Gasteiger partial charge in [0.15, 0.2) is 11.4 Å². The van der Waals surface area contributed by atoms with Gasteiger partial charge in [-0.15, -0.1) is 0 Å². The lowest BCUT2D eigenvalue weighted by Gasteiger charge is -2.09. The Kier molecular flexibility index (Phi) is 2.87. The molecule has 0 saturated heterocycles. The number of ether oxygens (including phenoxy) is 1. The van der Waals surface area contributed by atoms with Gasteiger partial charge in [-0.05, 0) is 0 Å². The summed E-state index contributed by atoms with van der Waals surface area (Å²) in [6.45, 7) is 0. The predicted octanol–water partition coefficient (Wildman–Crippen LogP) is 2.26. The van der Waals surface area contributed by atoms with Gasteiger partial charge >= 0.3 is 0 Å². The van der Waals surface area contributed by atoms with Crippen LogP contribution in [0, 0.1) is 0 Å². The van der Waals surface area contributed by atoms with Crippen molar-refractivity contribution in [3.8, 4) is 5.75 Å². The molecule has 6 heteroatoms. The Hall–Kier alpha value is -1.10. The van der Waals surface area contributed by atoms with E-state index in [1.165, 1.54) is 7.11 Å². The number of rotatable bonds is 2. The molecule has 1 aromatic rings. The molecule has 0 aliphatic carbocycles. The second-order valence-corrected chi connectivity index (χ2v) is 2.65. The van der Waals surface area contributed by atoms with Crippen LogP contribution in [0.1, 0.15) is 12.1 Å². The van der Waals surface area contributed by atoms with Crippen molar-refractivity contribution < 1.29 is 13.5 Å². The summed E-state index contributed by atoms with van der Waals surface area (Å²) in [5, 5.41) is 0.0984. The van der Waals surface area contributed by atoms with Crippen LogP contribution in [0.25, 0.3) is 0 Å². The fourth-order valence-corrected chi connectivity index (χ4v) is 1.01. The van der Waals surface area contributed by atoms with Crippen LogP contribution >= 0.6 is 11.6 Å².